The topological polar surface area (TPSA) is 104 Å². The van der Waals surface area contributed by atoms with Gasteiger partial charge in [0.1, 0.15) is 0 Å². The molecule has 0 saturated heterocycles. The summed E-state index contributed by atoms with van der Waals surface area (Å²) in [6.07, 6.45) is 5.32. The summed E-state index contributed by atoms with van der Waals surface area (Å²) in [4.78, 5) is 23.9. The highest BCUT2D eigenvalue weighted by Gasteiger charge is 2.20. The zero-order valence-electron chi connectivity index (χ0n) is 15.2. The van der Waals surface area contributed by atoms with Crippen LogP contribution in [-0.4, -0.2) is 39.9 Å². The number of hydrogen-bond donors (Lipinski definition) is 3. The van der Waals surface area contributed by atoms with Gasteiger partial charge in [-0.15, -0.1) is 0 Å². The number of carbonyl (C=O) groups excluding carboxylic acids is 2. The predicted octanol–water partition coefficient (Wildman–Crippen LogP) is 1.93. The lowest BCUT2D eigenvalue weighted by atomic mass is 9.89. The highest BCUT2D eigenvalue weighted by atomic mass is 79.9. The van der Waals surface area contributed by atoms with E-state index in [-0.39, 0.29) is 35.6 Å². The normalized spacial score (nSPS) is 15.3. The number of nitrogens with one attached hydrogen (secondary N) is 3. The van der Waals surface area contributed by atoms with Crippen molar-refractivity contribution in [2.75, 3.05) is 19.6 Å². The number of benzene rings is 1. The molecule has 150 valence electrons. The molecule has 0 radical (unpaired) electrons. The van der Waals surface area contributed by atoms with Crippen LogP contribution in [0.5, 0.6) is 0 Å². The molecular formula is C18H26BrN3O4S. The fourth-order valence-corrected chi connectivity index (χ4v) is 4.28. The summed E-state index contributed by atoms with van der Waals surface area (Å²) >= 11 is 3.25. The minimum atomic E-state index is -3.63. The molecule has 9 heteroatoms. The van der Waals surface area contributed by atoms with Crippen LogP contribution in [-0.2, 0) is 19.6 Å². The number of hydrogen-bond acceptors (Lipinski definition) is 4. The summed E-state index contributed by atoms with van der Waals surface area (Å²) in [6, 6.07) is 6.26. The van der Waals surface area contributed by atoms with Gasteiger partial charge in [-0.25, -0.2) is 13.1 Å². The van der Waals surface area contributed by atoms with Gasteiger partial charge in [0.15, 0.2) is 0 Å². The molecular weight excluding hydrogens is 434 g/mol. The van der Waals surface area contributed by atoms with Crippen molar-refractivity contribution in [2.45, 2.75) is 43.4 Å². The van der Waals surface area contributed by atoms with Gasteiger partial charge in [0, 0.05) is 36.4 Å². The molecule has 0 bridgehead atoms. The zero-order chi connectivity index (χ0) is 19.7. The van der Waals surface area contributed by atoms with E-state index < -0.39 is 10.0 Å². The molecule has 2 rings (SSSR count). The molecule has 0 aliphatic heterocycles. The summed E-state index contributed by atoms with van der Waals surface area (Å²) in [6.45, 7) is 0.723. The molecule has 0 unspecified atom stereocenters. The zero-order valence-corrected chi connectivity index (χ0v) is 17.6. The molecule has 27 heavy (non-hydrogen) atoms. The van der Waals surface area contributed by atoms with E-state index in [0.29, 0.717) is 13.1 Å². The van der Waals surface area contributed by atoms with Crippen LogP contribution in [0, 0.1) is 5.92 Å². The summed E-state index contributed by atoms with van der Waals surface area (Å²) in [5.41, 5.74) is 0. The van der Waals surface area contributed by atoms with Gasteiger partial charge in [-0.1, -0.05) is 35.2 Å². The number of sulfonamides is 1. The maximum absolute atomic E-state index is 12.1. The van der Waals surface area contributed by atoms with Gasteiger partial charge in [-0.3, -0.25) is 9.59 Å². The molecule has 0 heterocycles. The quantitative estimate of drug-likeness (QED) is 0.490. The maximum atomic E-state index is 12.1. The monoisotopic (exact) mass is 459 g/mol. The van der Waals surface area contributed by atoms with E-state index >= 15 is 0 Å². The average molecular weight is 460 g/mol. The standard InChI is InChI=1S/C18H26BrN3O4S/c19-15-6-8-16(9-7-15)27(25,26)22-11-10-17(23)20-12-13-21-18(24)14-4-2-1-3-5-14/h6-9,14,22H,1-5,10-13H2,(H,20,23)(H,21,24). The lowest BCUT2D eigenvalue weighted by Crippen LogP contribution is -2.38. The van der Waals surface area contributed by atoms with E-state index in [1.54, 1.807) is 12.1 Å². The third-order valence-corrected chi connectivity index (χ3v) is 6.50. The van der Waals surface area contributed by atoms with Crippen molar-refractivity contribution in [1.82, 2.24) is 15.4 Å². The largest absolute Gasteiger partial charge is 0.354 e. The molecule has 1 aromatic carbocycles. The van der Waals surface area contributed by atoms with E-state index in [0.717, 1.165) is 30.2 Å². The Bertz CT molecular complexity index is 731. The van der Waals surface area contributed by atoms with Crippen LogP contribution < -0.4 is 15.4 Å². The highest BCUT2D eigenvalue weighted by Crippen LogP contribution is 2.23. The van der Waals surface area contributed by atoms with Gasteiger partial charge in [0.05, 0.1) is 4.90 Å². The van der Waals surface area contributed by atoms with Crippen molar-refractivity contribution in [3.63, 3.8) is 0 Å². The Labute approximate surface area is 168 Å². The van der Waals surface area contributed by atoms with Gasteiger partial charge < -0.3 is 10.6 Å². The van der Waals surface area contributed by atoms with Crippen LogP contribution in [0.4, 0.5) is 0 Å². The van der Waals surface area contributed by atoms with E-state index in [2.05, 4.69) is 31.3 Å². The summed E-state index contributed by atoms with van der Waals surface area (Å²) in [5.74, 6) is -0.103. The number of halogens is 1. The SMILES string of the molecule is O=C(CCNS(=O)(=O)c1ccc(Br)cc1)NCCNC(=O)C1CCCCC1. The van der Waals surface area contributed by atoms with Crippen molar-refractivity contribution in [1.29, 1.82) is 0 Å². The molecule has 1 aliphatic carbocycles. The Hall–Kier alpha value is -1.45. The Balaban J connectivity index is 1.60. The van der Waals surface area contributed by atoms with Gasteiger partial charge in [-0.05, 0) is 37.1 Å². The molecule has 7 nitrogen and oxygen atoms in total. The number of rotatable bonds is 9. The first-order valence-corrected chi connectivity index (χ1v) is 11.5. The molecule has 1 aromatic rings. The van der Waals surface area contributed by atoms with Crippen molar-refractivity contribution >= 4 is 37.8 Å². The predicted molar refractivity (Wildman–Crippen MR) is 107 cm³/mol. The molecule has 1 fully saturated rings. The fourth-order valence-electron chi connectivity index (χ4n) is 2.98. The van der Waals surface area contributed by atoms with Crippen LogP contribution in [0.15, 0.2) is 33.6 Å². The lowest BCUT2D eigenvalue weighted by Gasteiger charge is -2.20. The first-order valence-electron chi connectivity index (χ1n) is 9.18. The molecule has 1 saturated carbocycles. The van der Waals surface area contributed by atoms with E-state index in [1.807, 2.05) is 0 Å². The minimum absolute atomic E-state index is 0.0126. The third-order valence-electron chi connectivity index (χ3n) is 4.49. The second-order valence-corrected chi connectivity index (χ2v) is 9.26. The minimum Gasteiger partial charge on any atom is -0.354 e. The van der Waals surface area contributed by atoms with Crippen LogP contribution in [0.25, 0.3) is 0 Å². The maximum Gasteiger partial charge on any atom is 0.240 e. The van der Waals surface area contributed by atoms with E-state index in [1.165, 1.54) is 18.6 Å². The van der Waals surface area contributed by atoms with Crippen LogP contribution >= 0.6 is 15.9 Å². The first kappa shape index (κ1) is 21.8. The van der Waals surface area contributed by atoms with Gasteiger partial charge >= 0.3 is 0 Å². The van der Waals surface area contributed by atoms with Gasteiger partial charge in [0.2, 0.25) is 21.8 Å². The summed E-state index contributed by atoms with van der Waals surface area (Å²) < 4.78 is 27.4. The molecule has 0 spiro atoms. The number of carbonyl (C=O) groups is 2. The summed E-state index contributed by atoms with van der Waals surface area (Å²) in [5, 5.41) is 5.52. The molecule has 3 N–H and O–H groups in total. The van der Waals surface area contributed by atoms with Crippen LogP contribution in [0.1, 0.15) is 38.5 Å². The Morgan fingerprint density at radius 3 is 2.26 bits per heavy atom. The highest BCUT2D eigenvalue weighted by molar-refractivity contribution is 9.10. The van der Waals surface area contributed by atoms with Gasteiger partial charge in [0.25, 0.3) is 0 Å². The van der Waals surface area contributed by atoms with Gasteiger partial charge in [-0.2, -0.15) is 0 Å². The fraction of sp³-hybridized carbons (Fsp3) is 0.556. The van der Waals surface area contributed by atoms with Crippen molar-refractivity contribution < 1.29 is 18.0 Å². The average Bonchev–Trinajstić information content (AvgIpc) is 2.66. The van der Waals surface area contributed by atoms with Crippen molar-refractivity contribution in [3.05, 3.63) is 28.7 Å². The van der Waals surface area contributed by atoms with E-state index in [9.17, 15) is 18.0 Å². The van der Waals surface area contributed by atoms with Crippen LogP contribution in [0.3, 0.4) is 0 Å². The Morgan fingerprint density at radius 2 is 1.59 bits per heavy atom. The smallest absolute Gasteiger partial charge is 0.240 e. The first-order chi connectivity index (χ1) is 12.9. The second-order valence-electron chi connectivity index (χ2n) is 6.58. The Kier molecular flexibility index (Phi) is 8.72. The second kappa shape index (κ2) is 10.8. The Morgan fingerprint density at radius 1 is 0.963 bits per heavy atom. The number of amides is 2. The van der Waals surface area contributed by atoms with Crippen molar-refractivity contribution in [3.8, 4) is 0 Å². The van der Waals surface area contributed by atoms with Crippen LogP contribution in [0.2, 0.25) is 0 Å². The van der Waals surface area contributed by atoms with Crippen molar-refractivity contribution in [2.24, 2.45) is 5.92 Å². The third kappa shape index (κ3) is 7.59. The lowest BCUT2D eigenvalue weighted by molar-refractivity contribution is -0.126. The molecule has 1 aliphatic rings. The molecule has 2 amide bonds. The molecule has 0 atom stereocenters. The van der Waals surface area contributed by atoms with E-state index in [4.69, 9.17) is 0 Å². The molecule has 0 aromatic heterocycles. The summed E-state index contributed by atoms with van der Waals surface area (Å²) in [7, 11) is -3.63.